The van der Waals surface area contributed by atoms with E-state index in [0.717, 1.165) is 39.3 Å². The molecule has 0 bridgehead atoms. The first-order valence-electron chi connectivity index (χ1n) is 5.96. The maximum atomic E-state index is 10.4. The predicted molar refractivity (Wildman–Crippen MR) is 69.1 cm³/mol. The topological polar surface area (TPSA) is 70.8 Å². The Morgan fingerprint density at radius 2 is 1.82 bits per heavy atom. The number of primary amides is 1. The molecule has 0 aliphatic rings. The number of hydrogen-bond donors (Lipinski definition) is 2. The Hall–Kier alpha value is -0.850. The summed E-state index contributed by atoms with van der Waals surface area (Å²) in [6.45, 7) is 4.92. The van der Waals surface area contributed by atoms with Crippen LogP contribution in [0.1, 0.15) is 6.42 Å². The van der Waals surface area contributed by atoms with Gasteiger partial charge in [-0.1, -0.05) is 0 Å². The van der Waals surface area contributed by atoms with Crippen molar-refractivity contribution in [1.82, 2.24) is 15.1 Å². The number of amides is 2. The molecule has 0 unspecified atom stereocenters. The zero-order valence-corrected chi connectivity index (χ0v) is 11.2. The molecule has 102 valence electrons. The van der Waals surface area contributed by atoms with Gasteiger partial charge in [-0.2, -0.15) is 0 Å². The van der Waals surface area contributed by atoms with Crippen molar-refractivity contribution >= 4 is 6.03 Å². The van der Waals surface area contributed by atoms with Gasteiger partial charge in [-0.3, -0.25) is 0 Å². The zero-order chi connectivity index (χ0) is 13.1. The Morgan fingerprint density at radius 1 is 1.18 bits per heavy atom. The third-order valence-electron chi connectivity index (χ3n) is 2.32. The lowest BCUT2D eigenvalue weighted by molar-refractivity contribution is 0.0986. The minimum absolute atomic E-state index is 0.459. The molecule has 0 radical (unpaired) electrons. The Morgan fingerprint density at radius 3 is 2.41 bits per heavy atom. The van der Waals surface area contributed by atoms with E-state index in [0.29, 0.717) is 6.54 Å². The molecule has 0 aromatic rings. The van der Waals surface area contributed by atoms with Crippen molar-refractivity contribution in [3.05, 3.63) is 0 Å². The smallest absolute Gasteiger partial charge is 0.312 e. The quantitative estimate of drug-likeness (QED) is 0.512. The average molecular weight is 246 g/mol. The van der Waals surface area contributed by atoms with Crippen molar-refractivity contribution in [3.63, 3.8) is 0 Å². The lowest BCUT2D eigenvalue weighted by atomic mass is 10.4. The van der Waals surface area contributed by atoms with Gasteiger partial charge in [0.05, 0.1) is 13.2 Å². The number of hydrogen-bond acceptors (Lipinski definition) is 4. The third kappa shape index (κ3) is 13.1. The van der Waals surface area contributed by atoms with Crippen LogP contribution < -0.4 is 11.1 Å². The van der Waals surface area contributed by atoms with Crippen LogP contribution in [0.2, 0.25) is 0 Å². The lowest BCUT2D eigenvalue weighted by Gasteiger charge is -2.17. The summed E-state index contributed by atoms with van der Waals surface area (Å²) in [4.78, 5) is 14.7. The molecule has 6 nitrogen and oxygen atoms in total. The van der Waals surface area contributed by atoms with E-state index in [2.05, 4.69) is 15.1 Å². The molecular weight excluding hydrogens is 220 g/mol. The van der Waals surface area contributed by atoms with Crippen molar-refractivity contribution < 1.29 is 9.53 Å². The fourth-order valence-electron chi connectivity index (χ4n) is 1.24. The number of carbonyl (C=O) groups excluding carboxylic acids is 1. The van der Waals surface area contributed by atoms with Crippen LogP contribution in [0.25, 0.3) is 0 Å². The van der Waals surface area contributed by atoms with E-state index in [1.807, 2.05) is 21.1 Å². The van der Waals surface area contributed by atoms with Crippen LogP contribution in [-0.4, -0.2) is 76.4 Å². The predicted octanol–water partition coefficient (Wildman–Crippen LogP) is -0.445. The Bertz CT molecular complexity index is 200. The first-order chi connectivity index (χ1) is 8.02. The van der Waals surface area contributed by atoms with E-state index >= 15 is 0 Å². The number of likely N-dealkylation sites (N-methyl/N-ethyl adjacent to an activating group) is 2. The summed E-state index contributed by atoms with van der Waals surface area (Å²) in [6, 6.07) is -0.459. The Kier molecular flexibility index (Phi) is 9.80. The van der Waals surface area contributed by atoms with Crippen LogP contribution in [0, 0.1) is 0 Å². The summed E-state index contributed by atoms with van der Waals surface area (Å²) in [5.74, 6) is 0. The van der Waals surface area contributed by atoms with Crippen molar-refractivity contribution in [2.24, 2.45) is 5.73 Å². The van der Waals surface area contributed by atoms with Crippen molar-refractivity contribution in [3.8, 4) is 0 Å². The van der Waals surface area contributed by atoms with E-state index in [9.17, 15) is 4.79 Å². The van der Waals surface area contributed by atoms with Gasteiger partial charge in [0.2, 0.25) is 0 Å². The fraction of sp³-hybridized carbons (Fsp3) is 0.909. The molecule has 0 aliphatic carbocycles. The highest BCUT2D eigenvalue weighted by molar-refractivity contribution is 5.71. The normalized spacial score (nSPS) is 11.1. The van der Waals surface area contributed by atoms with Crippen molar-refractivity contribution in [2.45, 2.75) is 6.42 Å². The molecule has 0 saturated heterocycles. The van der Waals surface area contributed by atoms with Crippen molar-refractivity contribution in [1.29, 1.82) is 0 Å². The fourth-order valence-corrected chi connectivity index (χ4v) is 1.24. The summed E-state index contributed by atoms with van der Waals surface area (Å²) in [5, 5.41) is 2.57. The van der Waals surface area contributed by atoms with Gasteiger partial charge in [0.15, 0.2) is 0 Å². The third-order valence-corrected chi connectivity index (χ3v) is 2.32. The molecular formula is C11H26N4O2. The van der Waals surface area contributed by atoms with Crippen LogP contribution >= 0.6 is 0 Å². The van der Waals surface area contributed by atoms with E-state index in [-0.39, 0.29) is 0 Å². The van der Waals surface area contributed by atoms with Crippen LogP contribution in [0.4, 0.5) is 4.79 Å². The number of rotatable bonds is 10. The number of nitrogens with one attached hydrogen (secondary N) is 1. The van der Waals surface area contributed by atoms with Gasteiger partial charge >= 0.3 is 6.03 Å². The van der Waals surface area contributed by atoms with Gasteiger partial charge in [-0.05, 0) is 34.1 Å². The van der Waals surface area contributed by atoms with Crippen molar-refractivity contribution in [2.75, 3.05) is 60.5 Å². The number of nitrogens with two attached hydrogens (primary N) is 1. The molecule has 0 heterocycles. The van der Waals surface area contributed by atoms with Crippen LogP contribution in [0.3, 0.4) is 0 Å². The second-order valence-corrected chi connectivity index (χ2v) is 4.36. The molecule has 0 rings (SSSR count). The van der Waals surface area contributed by atoms with Crippen LogP contribution in [0.5, 0.6) is 0 Å². The van der Waals surface area contributed by atoms with Gasteiger partial charge in [0.1, 0.15) is 0 Å². The largest absolute Gasteiger partial charge is 0.379 e. The molecule has 6 heteroatoms. The molecule has 17 heavy (non-hydrogen) atoms. The summed E-state index contributed by atoms with van der Waals surface area (Å²) in [7, 11) is 6.10. The van der Waals surface area contributed by atoms with E-state index < -0.39 is 6.03 Å². The maximum absolute atomic E-state index is 10.4. The summed E-state index contributed by atoms with van der Waals surface area (Å²) < 4.78 is 5.49. The van der Waals surface area contributed by atoms with Gasteiger partial charge in [0.25, 0.3) is 0 Å². The number of ether oxygens (including phenoxy) is 1. The van der Waals surface area contributed by atoms with Gasteiger partial charge in [-0.15, -0.1) is 0 Å². The van der Waals surface area contributed by atoms with Gasteiger partial charge in [0, 0.05) is 19.6 Å². The SMILES string of the molecule is CN(C)CCOCCN(C)CCCNC(N)=O. The monoisotopic (exact) mass is 246 g/mol. The Balaban J connectivity index is 3.23. The van der Waals surface area contributed by atoms with Crippen LogP contribution in [-0.2, 0) is 4.74 Å². The average Bonchev–Trinajstić information content (AvgIpc) is 2.23. The lowest BCUT2D eigenvalue weighted by Crippen LogP contribution is -2.33. The Labute approximate surface area is 104 Å². The molecule has 0 aromatic carbocycles. The summed E-state index contributed by atoms with van der Waals surface area (Å²) in [5.41, 5.74) is 4.96. The molecule has 0 aromatic heterocycles. The van der Waals surface area contributed by atoms with Gasteiger partial charge in [-0.25, -0.2) is 4.79 Å². The maximum Gasteiger partial charge on any atom is 0.312 e. The highest BCUT2D eigenvalue weighted by atomic mass is 16.5. The first-order valence-corrected chi connectivity index (χ1v) is 5.96. The van der Waals surface area contributed by atoms with Gasteiger partial charge < -0.3 is 25.6 Å². The molecule has 0 aliphatic heterocycles. The van der Waals surface area contributed by atoms with E-state index in [4.69, 9.17) is 10.5 Å². The highest BCUT2D eigenvalue weighted by Gasteiger charge is 1.99. The molecule has 0 atom stereocenters. The number of nitrogens with zero attached hydrogens (tertiary/aromatic N) is 2. The van der Waals surface area contributed by atoms with E-state index in [1.165, 1.54) is 0 Å². The zero-order valence-electron chi connectivity index (χ0n) is 11.2. The number of urea groups is 1. The second-order valence-electron chi connectivity index (χ2n) is 4.36. The van der Waals surface area contributed by atoms with E-state index in [1.54, 1.807) is 0 Å². The number of carbonyl (C=O) groups is 1. The first kappa shape index (κ1) is 16.1. The molecule has 3 N–H and O–H groups in total. The summed E-state index contributed by atoms with van der Waals surface area (Å²) >= 11 is 0. The standard InChI is InChI=1S/C11H26N4O2/c1-14(2)7-9-17-10-8-15(3)6-4-5-13-11(12)16/h4-10H2,1-3H3,(H3,12,13,16). The van der Waals surface area contributed by atoms with Crippen LogP contribution in [0.15, 0.2) is 0 Å². The molecule has 0 saturated carbocycles. The molecule has 0 fully saturated rings. The summed E-state index contributed by atoms with van der Waals surface area (Å²) in [6.07, 6.45) is 0.900. The second kappa shape index (κ2) is 10.3. The highest BCUT2D eigenvalue weighted by Crippen LogP contribution is 1.87. The molecule has 0 spiro atoms. The molecule has 2 amide bonds. The minimum atomic E-state index is -0.459. The minimum Gasteiger partial charge on any atom is -0.379 e.